The number of benzene rings is 2. The van der Waals surface area contributed by atoms with Crippen molar-refractivity contribution in [2.75, 3.05) is 12.4 Å². The fraction of sp³-hybridized carbons (Fsp3) is 0.158. The second-order valence-corrected chi connectivity index (χ2v) is 6.87. The van der Waals surface area contributed by atoms with Gasteiger partial charge in [0.05, 0.1) is 7.11 Å². The van der Waals surface area contributed by atoms with E-state index in [2.05, 4.69) is 15.0 Å². The van der Waals surface area contributed by atoms with Crippen LogP contribution >= 0.6 is 11.3 Å². The van der Waals surface area contributed by atoms with Gasteiger partial charge in [0.25, 0.3) is 5.91 Å². The smallest absolute Gasteiger partial charge is 0.387 e. The molecule has 3 rings (SSSR count). The second kappa shape index (κ2) is 8.91. The average molecular weight is 426 g/mol. The van der Waals surface area contributed by atoms with Gasteiger partial charge < -0.3 is 9.47 Å². The molecular formula is C19H14F4N2O3S. The first-order chi connectivity index (χ1) is 13.9. The van der Waals surface area contributed by atoms with Crippen LogP contribution < -0.4 is 14.8 Å². The number of halogens is 4. The van der Waals surface area contributed by atoms with Gasteiger partial charge in [-0.25, -0.2) is 13.8 Å². The van der Waals surface area contributed by atoms with E-state index in [9.17, 15) is 22.4 Å². The van der Waals surface area contributed by atoms with Gasteiger partial charge in [-0.15, -0.1) is 11.3 Å². The SMILES string of the molecule is COc1ccc(C(=O)Nc2ncc(Cc3ccc(F)c(F)c3)s2)cc1OC(F)F. The van der Waals surface area contributed by atoms with E-state index in [0.717, 1.165) is 29.5 Å². The first-order valence-electron chi connectivity index (χ1n) is 8.18. The van der Waals surface area contributed by atoms with Crippen LogP contribution in [0.4, 0.5) is 22.7 Å². The molecule has 0 saturated heterocycles. The number of methoxy groups -OCH3 is 1. The molecule has 2 aromatic carbocycles. The minimum atomic E-state index is -3.07. The summed E-state index contributed by atoms with van der Waals surface area (Å²) >= 11 is 1.15. The Labute approximate surface area is 166 Å². The van der Waals surface area contributed by atoms with Crippen molar-refractivity contribution in [2.45, 2.75) is 13.0 Å². The maximum atomic E-state index is 13.3. The summed E-state index contributed by atoms with van der Waals surface area (Å²) in [6.45, 7) is -3.07. The van der Waals surface area contributed by atoms with Crippen LogP contribution in [0.25, 0.3) is 0 Å². The Morgan fingerprint density at radius 3 is 2.62 bits per heavy atom. The fourth-order valence-electron chi connectivity index (χ4n) is 2.47. The number of aromatic nitrogens is 1. The second-order valence-electron chi connectivity index (χ2n) is 5.76. The highest BCUT2D eigenvalue weighted by Crippen LogP contribution is 2.30. The number of rotatable bonds is 7. The largest absolute Gasteiger partial charge is 0.493 e. The number of alkyl halides is 2. The zero-order valence-corrected chi connectivity index (χ0v) is 15.7. The van der Waals surface area contributed by atoms with Gasteiger partial charge in [0, 0.05) is 23.1 Å². The molecule has 1 amide bonds. The Bertz CT molecular complexity index is 1030. The van der Waals surface area contributed by atoms with Crippen LogP contribution in [0.15, 0.2) is 42.6 Å². The summed E-state index contributed by atoms with van der Waals surface area (Å²) in [5, 5.41) is 2.82. The number of carbonyl (C=O) groups excluding carboxylic acids is 1. The molecule has 0 atom stereocenters. The summed E-state index contributed by atoms with van der Waals surface area (Å²) in [5.74, 6) is -2.67. The predicted octanol–water partition coefficient (Wildman–Crippen LogP) is 4.87. The molecule has 0 fully saturated rings. The lowest BCUT2D eigenvalue weighted by Gasteiger charge is -2.11. The van der Waals surface area contributed by atoms with Crippen LogP contribution in [0, 0.1) is 11.6 Å². The number of nitrogens with zero attached hydrogens (tertiary/aromatic N) is 1. The molecule has 0 bridgehead atoms. The van der Waals surface area contributed by atoms with E-state index in [0.29, 0.717) is 16.9 Å². The highest BCUT2D eigenvalue weighted by molar-refractivity contribution is 7.15. The predicted molar refractivity (Wildman–Crippen MR) is 98.9 cm³/mol. The Balaban J connectivity index is 1.70. The molecule has 1 N–H and O–H groups in total. The molecule has 0 spiro atoms. The van der Waals surface area contributed by atoms with Crippen LogP contribution in [0.5, 0.6) is 11.5 Å². The number of anilines is 1. The minimum absolute atomic E-state index is 0.0601. The van der Waals surface area contributed by atoms with Gasteiger partial charge in [-0.05, 0) is 35.9 Å². The Hall–Kier alpha value is -3.14. The lowest BCUT2D eigenvalue weighted by Crippen LogP contribution is -2.12. The lowest BCUT2D eigenvalue weighted by molar-refractivity contribution is -0.0512. The number of nitrogens with one attached hydrogen (secondary N) is 1. The summed E-state index contributed by atoms with van der Waals surface area (Å²) in [6, 6.07) is 7.45. The summed E-state index contributed by atoms with van der Waals surface area (Å²) in [4.78, 5) is 17.2. The van der Waals surface area contributed by atoms with E-state index in [-0.39, 0.29) is 22.2 Å². The van der Waals surface area contributed by atoms with E-state index in [1.807, 2.05) is 0 Å². The molecule has 152 valence electrons. The van der Waals surface area contributed by atoms with Crippen molar-refractivity contribution >= 4 is 22.4 Å². The summed E-state index contributed by atoms with van der Waals surface area (Å²) in [6.07, 6.45) is 1.81. The molecule has 10 heteroatoms. The highest BCUT2D eigenvalue weighted by atomic mass is 32.1. The van der Waals surface area contributed by atoms with E-state index in [1.165, 1.54) is 31.5 Å². The number of carbonyl (C=O) groups is 1. The standard InChI is InChI=1S/C19H14F4N2O3S/c1-27-15-5-3-11(8-16(15)28-18(22)23)17(26)25-19-24-9-12(29-19)6-10-2-4-13(20)14(21)7-10/h2-5,7-9,18H,6H2,1H3,(H,24,25,26). The normalized spacial score (nSPS) is 10.8. The van der Waals surface area contributed by atoms with E-state index < -0.39 is 24.2 Å². The molecule has 0 aliphatic rings. The van der Waals surface area contributed by atoms with Crippen molar-refractivity contribution in [2.24, 2.45) is 0 Å². The third-order valence-electron chi connectivity index (χ3n) is 3.78. The van der Waals surface area contributed by atoms with Crippen LogP contribution in [0.3, 0.4) is 0 Å². The number of amides is 1. The summed E-state index contributed by atoms with van der Waals surface area (Å²) in [7, 11) is 1.29. The minimum Gasteiger partial charge on any atom is -0.493 e. The maximum absolute atomic E-state index is 13.3. The quantitative estimate of drug-likeness (QED) is 0.548. The van der Waals surface area contributed by atoms with Gasteiger partial charge in [0.1, 0.15) is 0 Å². The molecule has 1 aromatic heterocycles. The van der Waals surface area contributed by atoms with E-state index >= 15 is 0 Å². The van der Waals surface area contributed by atoms with Gasteiger partial charge in [0.15, 0.2) is 28.3 Å². The number of hydrogen-bond acceptors (Lipinski definition) is 5. The zero-order chi connectivity index (χ0) is 21.0. The Kier molecular flexibility index (Phi) is 6.32. The molecule has 1 heterocycles. The maximum Gasteiger partial charge on any atom is 0.387 e. The molecule has 0 aliphatic carbocycles. The summed E-state index contributed by atoms with van der Waals surface area (Å²) < 4.78 is 60.6. The third kappa shape index (κ3) is 5.23. The van der Waals surface area contributed by atoms with Gasteiger partial charge in [0.2, 0.25) is 0 Å². The van der Waals surface area contributed by atoms with Crippen molar-refractivity contribution in [1.82, 2.24) is 4.98 Å². The van der Waals surface area contributed by atoms with Gasteiger partial charge >= 0.3 is 6.61 Å². The number of ether oxygens (including phenoxy) is 2. The molecule has 0 radical (unpaired) electrons. The summed E-state index contributed by atoms with van der Waals surface area (Å²) in [5.41, 5.74) is 0.619. The van der Waals surface area contributed by atoms with Gasteiger partial charge in [-0.3, -0.25) is 10.1 Å². The molecule has 3 aromatic rings. The Morgan fingerprint density at radius 2 is 1.93 bits per heavy atom. The van der Waals surface area contributed by atoms with Crippen molar-refractivity contribution in [3.63, 3.8) is 0 Å². The van der Waals surface area contributed by atoms with Crippen LogP contribution in [0.2, 0.25) is 0 Å². The monoisotopic (exact) mass is 426 g/mol. The molecule has 5 nitrogen and oxygen atoms in total. The van der Waals surface area contributed by atoms with Crippen molar-refractivity contribution in [3.05, 3.63) is 70.2 Å². The zero-order valence-electron chi connectivity index (χ0n) is 14.9. The van der Waals surface area contributed by atoms with Gasteiger partial charge in [-0.1, -0.05) is 6.07 Å². The first-order valence-corrected chi connectivity index (χ1v) is 9.00. The molecular weight excluding hydrogens is 412 g/mol. The topological polar surface area (TPSA) is 60.5 Å². The van der Waals surface area contributed by atoms with Crippen LogP contribution in [-0.4, -0.2) is 24.6 Å². The molecule has 29 heavy (non-hydrogen) atoms. The molecule has 0 saturated carbocycles. The van der Waals surface area contributed by atoms with Crippen molar-refractivity contribution in [1.29, 1.82) is 0 Å². The van der Waals surface area contributed by atoms with E-state index in [1.54, 1.807) is 0 Å². The Morgan fingerprint density at radius 1 is 1.14 bits per heavy atom. The number of thiazole rings is 1. The van der Waals surface area contributed by atoms with Crippen molar-refractivity contribution < 1.29 is 31.8 Å². The molecule has 0 aliphatic heterocycles. The first kappa shape index (κ1) is 20.6. The van der Waals surface area contributed by atoms with Crippen molar-refractivity contribution in [3.8, 4) is 11.5 Å². The third-order valence-corrected chi connectivity index (χ3v) is 4.69. The lowest BCUT2D eigenvalue weighted by atomic mass is 10.1. The molecule has 0 unspecified atom stereocenters. The highest BCUT2D eigenvalue weighted by Gasteiger charge is 2.16. The van der Waals surface area contributed by atoms with Gasteiger partial charge in [-0.2, -0.15) is 8.78 Å². The van der Waals surface area contributed by atoms with Crippen LogP contribution in [-0.2, 0) is 6.42 Å². The van der Waals surface area contributed by atoms with Crippen LogP contribution in [0.1, 0.15) is 20.8 Å². The van der Waals surface area contributed by atoms with E-state index in [4.69, 9.17) is 4.74 Å². The fourth-order valence-corrected chi connectivity index (χ4v) is 3.31. The number of hydrogen-bond donors (Lipinski definition) is 1. The average Bonchev–Trinajstić information content (AvgIpc) is 3.11.